The molecule has 5 rings (SSSR count). The monoisotopic (exact) mass is 400 g/mol. The van der Waals surface area contributed by atoms with Crippen LogP contribution in [0.1, 0.15) is 29.6 Å². The van der Waals surface area contributed by atoms with Crippen molar-refractivity contribution in [3.8, 4) is 11.4 Å². The van der Waals surface area contributed by atoms with Crippen LogP contribution in [-0.2, 0) is 0 Å². The van der Waals surface area contributed by atoms with Crippen molar-refractivity contribution in [2.75, 3.05) is 13.1 Å². The molecule has 0 radical (unpaired) electrons. The molecule has 28 heavy (non-hydrogen) atoms. The number of imidazole rings is 1. The van der Waals surface area contributed by atoms with Crippen LogP contribution in [0.2, 0.25) is 0 Å². The fraction of sp³-hybridized carbons (Fsp3) is 0.250. The average Bonchev–Trinajstić information content (AvgIpc) is 3.30. The van der Waals surface area contributed by atoms with Gasteiger partial charge in [-0.15, -0.1) is 12.4 Å². The Morgan fingerprint density at radius 1 is 1.11 bits per heavy atom. The predicted octanol–water partition coefficient (Wildman–Crippen LogP) is 4.33. The lowest BCUT2D eigenvalue weighted by atomic mass is 10.1. The minimum atomic E-state index is -0.357. The van der Waals surface area contributed by atoms with Gasteiger partial charge in [-0.3, -0.25) is 9.20 Å². The van der Waals surface area contributed by atoms with Crippen LogP contribution in [0.4, 0.5) is 4.39 Å². The maximum absolute atomic E-state index is 13.6. The molecular weight excluding hydrogens is 383 g/mol. The van der Waals surface area contributed by atoms with Crippen molar-refractivity contribution in [3.05, 3.63) is 54.1 Å². The van der Waals surface area contributed by atoms with E-state index in [4.69, 9.17) is 4.52 Å². The summed E-state index contributed by atoms with van der Waals surface area (Å²) >= 11 is 0. The standard InChI is InChI=1S/C20H17FN4O2.ClH/c21-14-5-7-18-22-11-16(25(18)12-14)19-15-6-4-13(10-17(15)27-23-19)20(26)24-8-2-1-3-9-24;/h4-7,10-12H,1-3,8-9H2;1H. The zero-order valence-corrected chi connectivity index (χ0v) is 15.8. The first-order valence-electron chi connectivity index (χ1n) is 9.02. The quantitative estimate of drug-likeness (QED) is 0.502. The number of benzene rings is 1. The van der Waals surface area contributed by atoms with E-state index in [1.54, 1.807) is 28.8 Å². The van der Waals surface area contributed by atoms with E-state index in [0.29, 0.717) is 28.2 Å². The zero-order chi connectivity index (χ0) is 18.4. The summed E-state index contributed by atoms with van der Waals surface area (Å²) in [6.07, 6.45) is 6.27. The van der Waals surface area contributed by atoms with Crippen LogP contribution in [0.3, 0.4) is 0 Å². The predicted molar refractivity (Wildman–Crippen MR) is 105 cm³/mol. The van der Waals surface area contributed by atoms with Gasteiger partial charge in [0.25, 0.3) is 5.91 Å². The van der Waals surface area contributed by atoms with Crippen molar-refractivity contribution < 1.29 is 13.7 Å². The molecule has 0 N–H and O–H groups in total. The summed E-state index contributed by atoms with van der Waals surface area (Å²) < 4.78 is 20.7. The molecule has 1 amide bonds. The fourth-order valence-corrected chi connectivity index (χ4v) is 3.66. The number of carbonyl (C=O) groups is 1. The normalized spacial score (nSPS) is 14.4. The highest BCUT2D eigenvalue weighted by Gasteiger charge is 2.21. The first kappa shape index (κ1) is 18.4. The Morgan fingerprint density at radius 2 is 1.93 bits per heavy atom. The Morgan fingerprint density at radius 3 is 2.75 bits per heavy atom. The van der Waals surface area contributed by atoms with E-state index in [2.05, 4.69) is 10.1 Å². The summed E-state index contributed by atoms with van der Waals surface area (Å²) in [5, 5.41) is 4.91. The lowest BCUT2D eigenvalue weighted by Gasteiger charge is -2.26. The first-order valence-corrected chi connectivity index (χ1v) is 9.02. The number of hydrogen-bond acceptors (Lipinski definition) is 4. The molecule has 1 aromatic carbocycles. The van der Waals surface area contributed by atoms with Crippen molar-refractivity contribution in [2.24, 2.45) is 0 Å². The van der Waals surface area contributed by atoms with Crippen molar-refractivity contribution >= 4 is 34.9 Å². The van der Waals surface area contributed by atoms with Gasteiger partial charge in [0, 0.05) is 24.8 Å². The average molecular weight is 401 g/mol. The summed E-state index contributed by atoms with van der Waals surface area (Å²) in [7, 11) is 0. The number of piperidine rings is 1. The number of carbonyl (C=O) groups excluding carboxylic acids is 1. The molecule has 0 aliphatic carbocycles. The van der Waals surface area contributed by atoms with Crippen LogP contribution in [0.25, 0.3) is 28.0 Å². The van der Waals surface area contributed by atoms with Crippen molar-refractivity contribution in [3.63, 3.8) is 0 Å². The Balaban J connectivity index is 0.00000192. The summed E-state index contributed by atoms with van der Waals surface area (Å²) in [5.41, 5.74) is 2.95. The SMILES string of the molecule is Cl.O=C(c1ccc2c(-c3cnc4ccc(F)cn34)noc2c1)N1CCCCC1. The fourth-order valence-electron chi connectivity index (χ4n) is 3.66. The smallest absolute Gasteiger partial charge is 0.253 e. The van der Waals surface area contributed by atoms with Crippen molar-refractivity contribution in [1.29, 1.82) is 0 Å². The number of nitrogens with zero attached hydrogens (tertiary/aromatic N) is 4. The molecule has 1 aliphatic heterocycles. The van der Waals surface area contributed by atoms with Gasteiger partial charge in [-0.2, -0.15) is 0 Å². The van der Waals surface area contributed by atoms with Gasteiger partial charge in [0.1, 0.15) is 17.2 Å². The third-order valence-corrected chi connectivity index (χ3v) is 5.07. The Labute approximate surface area is 166 Å². The van der Waals surface area contributed by atoms with Crippen LogP contribution in [0.15, 0.2) is 47.2 Å². The molecule has 3 aromatic heterocycles. The number of likely N-dealkylation sites (tertiary alicyclic amines) is 1. The topological polar surface area (TPSA) is 63.6 Å². The Hall–Kier alpha value is -2.93. The van der Waals surface area contributed by atoms with Crippen molar-refractivity contribution in [2.45, 2.75) is 19.3 Å². The number of fused-ring (bicyclic) bond motifs is 2. The van der Waals surface area contributed by atoms with E-state index >= 15 is 0 Å². The first-order chi connectivity index (χ1) is 13.2. The minimum absolute atomic E-state index is 0. The summed E-state index contributed by atoms with van der Waals surface area (Å²) in [5.74, 6) is -0.338. The summed E-state index contributed by atoms with van der Waals surface area (Å²) in [4.78, 5) is 18.9. The minimum Gasteiger partial charge on any atom is -0.356 e. The summed E-state index contributed by atoms with van der Waals surface area (Å²) in [6, 6.07) is 8.33. The molecule has 1 fully saturated rings. The highest BCUT2D eigenvalue weighted by atomic mass is 35.5. The molecule has 4 aromatic rings. The van der Waals surface area contributed by atoms with Crippen LogP contribution >= 0.6 is 12.4 Å². The molecule has 0 spiro atoms. The Bertz CT molecular complexity index is 1160. The second kappa shape index (κ2) is 7.24. The molecular formula is C20H18ClFN4O2. The number of rotatable bonds is 2. The second-order valence-electron chi connectivity index (χ2n) is 6.81. The third-order valence-electron chi connectivity index (χ3n) is 5.07. The maximum atomic E-state index is 13.6. The van der Waals surface area contributed by atoms with Gasteiger partial charge in [0.2, 0.25) is 0 Å². The van der Waals surface area contributed by atoms with Gasteiger partial charge >= 0.3 is 0 Å². The molecule has 0 saturated carbocycles. The highest BCUT2D eigenvalue weighted by Crippen LogP contribution is 2.29. The molecule has 1 saturated heterocycles. The highest BCUT2D eigenvalue weighted by molar-refractivity contribution is 6.00. The van der Waals surface area contributed by atoms with Gasteiger partial charge in [-0.1, -0.05) is 5.16 Å². The molecule has 0 unspecified atom stereocenters. The molecule has 1 aliphatic rings. The van der Waals surface area contributed by atoms with Crippen LogP contribution in [-0.4, -0.2) is 38.4 Å². The summed E-state index contributed by atoms with van der Waals surface area (Å²) in [6.45, 7) is 1.60. The number of hydrogen-bond donors (Lipinski definition) is 0. The van der Waals surface area contributed by atoms with Gasteiger partial charge in [-0.25, -0.2) is 9.37 Å². The number of amides is 1. The largest absolute Gasteiger partial charge is 0.356 e. The van der Waals surface area contributed by atoms with E-state index in [9.17, 15) is 9.18 Å². The molecule has 6 nitrogen and oxygen atoms in total. The van der Waals surface area contributed by atoms with Gasteiger partial charge < -0.3 is 9.42 Å². The van der Waals surface area contributed by atoms with Crippen molar-refractivity contribution in [1.82, 2.24) is 19.4 Å². The Kier molecular flexibility index (Phi) is 4.77. The molecule has 0 atom stereocenters. The second-order valence-corrected chi connectivity index (χ2v) is 6.81. The van der Waals surface area contributed by atoms with Gasteiger partial charge in [-0.05, 0) is 49.6 Å². The molecule has 144 valence electrons. The van der Waals surface area contributed by atoms with Gasteiger partial charge in [0.15, 0.2) is 5.58 Å². The third kappa shape index (κ3) is 3.01. The van der Waals surface area contributed by atoms with E-state index in [1.807, 2.05) is 11.0 Å². The number of aromatic nitrogens is 3. The van der Waals surface area contributed by atoms with Crippen LogP contribution in [0, 0.1) is 5.82 Å². The zero-order valence-electron chi connectivity index (χ0n) is 15.0. The van der Waals surface area contributed by atoms with E-state index in [1.165, 1.54) is 18.7 Å². The number of pyridine rings is 1. The molecule has 0 bridgehead atoms. The molecule has 8 heteroatoms. The van der Waals surface area contributed by atoms with E-state index in [-0.39, 0.29) is 24.1 Å². The number of halogens is 2. The van der Waals surface area contributed by atoms with Gasteiger partial charge in [0.05, 0.1) is 17.3 Å². The van der Waals surface area contributed by atoms with Crippen LogP contribution in [0.5, 0.6) is 0 Å². The lowest BCUT2D eigenvalue weighted by Crippen LogP contribution is -2.35. The van der Waals surface area contributed by atoms with E-state index in [0.717, 1.165) is 31.3 Å². The van der Waals surface area contributed by atoms with E-state index < -0.39 is 0 Å². The maximum Gasteiger partial charge on any atom is 0.253 e. The lowest BCUT2D eigenvalue weighted by molar-refractivity contribution is 0.0724. The molecule has 4 heterocycles. The van der Waals surface area contributed by atoms with Crippen LogP contribution < -0.4 is 0 Å².